The Morgan fingerprint density at radius 2 is 1.67 bits per heavy atom. The smallest absolute Gasteiger partial charge is 0.326 e. The van der Waals surface area contributed by atoms with Gasteiger partial charge in [-0.2, -0.15) is 0 Å². The molecule has 0 fully saturated rings. The lowest BCUT2D eigenvalue weighted by molar-refractivity contribution is -0.142. The number of aromatic nitrogens is 1. The van der Waals surface area contributed by atoms with Crippen LogP contribution in [0.15, 0.2) is 48.7 Å². The summed E-state index contributed by atoms with van der Waals surface area (Å²) < 4.78 is 0. The van der Waals surface area contributed by atoms with Gasteiger partial charge in [-0.05, 0) is 17.2 Å². The summed E-state index contributed by atoms with van der Waals surface area (Å²) in [5.74, 6) is -2.12. The second-order valence-corrected chi connectivity index (χ2v) is 6.42. The normalized spacial score (nSPS) is 12.7. The molecule has 7 nitrogen and oxygen atoms in total. The van der Waals surface area contributed by atoms with E-state index in [0.717, 1.165) is 5.56 Å². The van der Waals surface area contributed by atoms with E-state index in [9.17, 15) is 19.5 Å². The maximum atomic E-state index is 12.6. The molecule has 0 spiro atoms. The van der Waals surface area contributed by atoms with Crippen molar-refractivity contribution < 1.29 is 19.5 Å². The molecule has 0 saturated carbocycles. The predicted molar refractivity (Wildman–Crippen MR) is 100 cm³/mol. The summed E-state index contributed by atoms with van der Waals surface area (Å²) >= 11 is 5.72. The number of carbonyl (C=O) groups is 3. The van der Waals surface area contributed by atoms with Crippen molar-refractivity contribution >= 4 is 29.4 Å². The van der Waals surface area contributed by atoms with Gasteiger partial charge in [0.2, 0.25) is 11.8 Å². The van der Waals surface area contributed by atoms with Crippen LogP contribution in [0.25, 0.3) is 0 Å². The van der Waals surface area contributed by atoms with Crippen molar-refractivity contribution in [1.82, 2.24) is 15.6 Å². The Labute approximate surface area is 161 Å². The third kappa shape index (κ3) is 6.71. The number of benzene rings is 1. The Morgan fingerprint density at radius 3 is 2.22 bits per heavy atom. The molecule has 0 saturated heterocycles. The summed E-state index contributed by atoms with van der Waals surface area (Å²) in [7, 11) is 0. The molecule has 2 aromatic rings. The van der Waals surface area contributed by atoms with Crippen LogP contribution < -0.4 is 10.6 Å². The van der Waals surface area contributed by atoms with Crippen LogP contribution in [0.1, 0.15) is 18.1 Å². The number of pyridine rings is 1. The first-order chi connectivity index (χ1) is 12.8. The third-order valence-electron chi connectivity index (χ3n) is 3.82. The van der Waals surface area contributed by atoms with Gasteiger partial charge in [0.05, 0.1) is 0 Å². The summed E-state index contributed by atoms with van der Waals surface area (Å²) in [6.45, 7) is 1.30. The SMILES string of the molecule is CC(=O)N[C@H](Cc1ccccc1)C(=O)N[C@H](Cc1ccc(Cl)nc1)C(=O)O. The molecule has 3 N–H and O–H groups in total. The first-order valence-corrected chi connectivity index (χ1v) is 8.67. The molecule has 8 heteroatoms. The minimum Gasteiger partial charge on any atom is -0.480 e. The second-order valence-electron chi connectivity index (χ2n) is 6.04. The summed E-state index contributed by atoms with van der Waals surface area (Å²) in [5, 5.41) is 14.8. The largest absolute Gasteiger partial charge is 0.480 e. The van der Waals surface area contributed by atoms with Crippen LogP contribution in [0.3, 0.4) is 0 Å². The van der Waals surface area contributed by atoms with E-state index in [1.54, 1.807) is 12.1 Å². The highest BCUT2D eigenvalue weighted by molar-refractivity contribution is 6.29. The lowest BCUT2D eigenvalue weighted by atomic mass is 10.0. The van der Waals surface area contributed by atoms with E-state index >= 15 is 0 Å². The van der Waals surface area contributed by atoms with Gasteiger partial charge in [0, 0.05) is 26.0 Å². The van der Waals surface area contributed by atoms with Crippen LogP contribution in [-0.2, 0) is 27.2 Å². The molecule has 1 aromatic heterocycles. The molecule has 0 unspecified atom stereocenters. The van der Waals surface area contributed by atoms with Crippen LogP contribution in [-0.4, -0.2) is 40.0 Å². The molecule has 27 heavy (non-hydrogen) atoms. The average Bonchev–Trinajstić information content (AvgIpc) is 2.62. The van der Waals surface area contributed by atoms with E-state index in [2.05, 4.69) is 15.6 Å². The first kappa shape index (κ1) is 20.4. The van der Waals surface area contributed by atoms with Gasteiger partial charge >= 0.3 is 5.97 Å². The summed E-state index contributed by atoms with van der Waals surface area (Å²) in [5.41, 5.74) is 1.46. The van der Waals surface area contributed by atoms with Gasteiger partial charge in [-0.15, -0.1) is 0 Å². The van der Waals surface area contributed by atoms with Gasteiger partial charge < -0.3 is 15.7 Å². The minimum atomic E-state index is -1.18. The van der Waals surface area contributed by atoms with E-state index in [0.29, 0.717) is 10.7 Å². The van der Waals surface area contributed by atoms with Crippen LogP contribution in [0.5, 0.6) is 0 Å². The Balaban J connectivity index is 2.10. The maximum Gasteiger partial charge on any atom is 0.326 e. The van der Waals surface area contributed by atoms with Crippen LogP contribution in [0.2, 0.25) is 5.15 Å². The molecule has 0 aliphatic rings. The quantitative estimate of drug-likeness (QED) is 0.594. The third-order valence-corrected chi connectivity index (χ3v) is 4.04. The van der Waals surface area contributed by atoms with Crippen molar-refractivity contribution in [3.63, 3.8) is 0 Å². The van der Waals surface area contributed by atoms with Gasteiger partial charge in [-0.25, -0.2) is 9.78 Å². The predicted octanol–water partition coefficient (Wildman–Crippen LogP) is 1.59. The van der Waals surface area contributed by atoms with Crippen molar-refractivity contribution in [2.75, 3.05) is 0 Å². The van der Waals surface area contributed by atoms with Crippen molar-refractivity contribution in [3.8, 4) is 0 Å². The van der Waals surface area contributed by atoms with Crippen molar-refractivity contribution in [2.45, 2.75) is 31.8 Å². The van der Waals surface area contributed by atoms with Crippen molar-refractivity contribution in [1.29, 1.82) is 0 Å². The van der Waals surface area contributed by atoms with Crippen LogP contribution in [0.4, 0.5) is 0 Å². The Bertz CT molecular complexity index is 796. The highest BCUT2D eigenvalue weighted by Gasteiger charge is 2.26. The lowest BCUT2D eigenvalue weighted by Crippen LogP contribution is -2.52. The Kier molecular flexibility index (Phi) is 7.31. The van der Waals surface area contributed by atoms with E-state index in [1.165, 1.54) is 13.1 Å². The number of nitrogens with one attached hydrogen (secondary N) is 2. The average molecular weight is 390 g/mol. The number of rotatable bonds is 8. The molecular formula is C19H20ClN3O4. The zero-order valence-electron chi connectivity index (χ0n) is 14.7. The number of carboxylic acids is 1. The van der Waals surface area contributed by atoms with Crippen LogP contribution in [0, 0.1) is 0 Å². The molecule has 0 aliphatic heterocycles. The lowest BCUT2D eigenvalue weighted by Gasteiger charge is -2.21. The molecule has 142 valence electrons. The van der Waals surface area contributed by atoms with Gasteiger partial charge in [0.25, 0.3) is 0 Å². The van der Waals surface area contributed by atoms with Crippen molar-refractivity contribution in [2.24, 2.45) is 0 Å². The Hall–Kier alpha value is -2.93. The standard InChI is InChI=1S/C19H20ClN3O4/c1-12(24)22-15(9-13-5-3-2-4-6-13)18(25)23-16(19(26)27)10-14-7-8-17(20)21-11-14/h2-8,11,15-16H,9-10H2,1H3,(H,22,24)(H,23,25)(H,26,27)/t15-,16-/m1/s1. The highest BCUT2D eigenvalue weighted by Crippen LogP contribution is 2.09. The number of halogens is 1. The number of aliphatic carboxylic acids is 1. The topological polar surface area (TPSA) is 108 Å². The molecule has 1 heterocycles. The molecule has 0 radical (unpaired) electrons. The van der Waals surface area contributed by atoms with Crippen LogP contribution >= 0.6 is 11.6 Å². The molecule has 0 aliphatic carbocycles. The fraction of sp³-hybridized carbons (Fsp3) is 0.263. The molecule has 2 rings (SSSR count). The van der Waals surface area contributed by atoms with E-state index < -0.39 is 24.0 Å². The summed E-state index contributed by atoms with van der Waals surface area (Å²) in [4.78, 5) is 39.5. The molecule has 2 atom stereocenters. The maximum absolute atomic E-state index is 12.6. The Morgan fingerprint density at radius 1 is 1.00 bits per heavy atom. The zero-order valence-corrected chi connectivity index (χ0v) is 15.4. The number of carboxylic acid groups (broad SMARTS) is 1. The van der Waals surface area contributed by atoms with Gasteiger partial charge in [-0.1, -0.05) is 48.0 Å². The van der Waals surface area contributed by atoms with Gasteiger partial charge in [-0.3, -0.25) is 9.59 Å². The van der Waals surface area contributed by atoms with Gasteiger partial charge in [0.1, 0.15) is 17.2 Å². The number of hydrogen-bond acceptors (Lipinski definition) is 4. The molecule has 2 amide bonds. The van der Waals surface area contributed by atoms with Gasteiger partial charge in [0.15, 0.2) is 0 Å². The van der Waals surface area contributed by atoms with E-state index in [4.69, 9.17) is 11.6 Å². The van der Waals surface area contributed by atoms with E-state index in [-0.39, 0.29) is 18.7 Å². The molecule has 1 aromatic carbocycles. The first-order valence-electron chi connectivity index (χ1n) is 8.30. The minimum absolute atomic E-state index is 0.0450. The molecule has 0 bridgehead atoms. The fourth-order valence-corrected chi connectivity index (χ4v) is 2.65. The number of carbonyl (C=O) groups excluding carboxylic acids is 2. The second kappa shape index (κ2) is 9.68. The van der Waals surface area contributed by atoms with E-state index in [1.807, 2.05) is 30.3 Å². The van der Waals surface area contributed by atoms with Crippen molar-refractivity contribution in [3.05, 3.63) is 64.9 Å². The number of amides is 2. The monoisotopic (exact) mass is 389 g/mol. The fourth-order valence-electron chi connectivity index (χ4n) is 2.54. The number of nitrogens with zero attached hydrogens (tertiary/aromatic N) is 1. The highest BCUT2D eigenvalue weighted by atomic mass is 35.5. The molecular weight excluding hydrogens is 370 g/mol. The zero-order chi connectivity index (χ0) is 19.8. The summed E-state index contributed by atoms with van der Waals surface area (Å²) in [6.07, 6.45) is 1.75. The number of hydrogen-bond donors (Lipinski definition) is 3. The summed E-state index contributed by atoms with van der Waals surface area (Å²) in [6, 6.07) is 10.3.